The van der Waals surface area contributed by atoms with Crippen molar-refractivity contribution in [3.8, 4) is 11.8 Å². The fourth-order valence-electron chi connectivity index (χ4n) is 2.50. The molecule has 0 N–H and O–H groups in total. The van der Waals surface area contributed by atoms with E-state index in [4.69, 9.17) is 4.74 Å². The molecule has 0 radical (unpaired) electrons. The molecule has 1 aliphatic heterocycles. The summed E-state index contributed by atoms with van der Waals surface area (Å²) in [5.74, 6) is 5.63. The quantitative estimate of drug-likeness (QED) is 0.773. The van der Waals surface area contributed by atoms with Gasteiger partial charge in [0.05, 0.1) is 0 Å². The van der Waals surface area contributed by atoms with E-state index in [2.05, 4.69) is 11.8 Å². The summed E-state index contributed by atoms with van der Waals surface area (Å²) in [6.45, 7) is 5.54. The lowest BCUT2D eigenvalue weighted by Crippen LogP contribution is -2.46. The number of carbonyl (C=O) groups excluding carboxylic acids is 1. The molecule has 2 rings (SSSR count). The van der Waals surface area contributed by atoms with Gasteiger partial charge in [0.15, 0.2) is 0 Å². The average molecular weight is 271 g/mol. The summed E-state index contributed by atoms with van der Waals surface area (Å²) < 4.78 is 5.36. The molecule has 3 heteroatoms. The highest BCUT2D eigenvalue weighted by molar-refractivity contribution is 5.94. The van der Waals surface area contributed by atoms with E-state index in [0.717, 1.165) is 31.6 Å². The Morgan fingerprint density at radius 2 is 1.90 bits per heavy atom. The normalized spacial score (nSPS) is 15.6. The van der Waals surface area contributed by atoms with Crippen LogP contribution in [-0.4, -0.2) is 36.1 Å². The fraction of sp³-hybridized carbons (Fsp3) is 0.471. The molecule has 0 unspecified atom stereocenters. The van der Waals surface area contributed by atoms with E-state index < -0.39 is 0 Å². The van der Waals surface area contributed by atoms with Gasteiger partial charge in [0.25, 0.3) is 5.91 Å². The molecular formula is C17H21NO2. The molecule has 0 saturated carbocycles. The molecule has 0 spiro atoms. The minimum atomic E-state index is -0.0873. The van der Waals surface area contributed by atoms with Gasteiger partial charge in [-0.2, -0.15) is 0 Å². The summed E-state index contributed by atoms with van der Waals surface area (Å²) >= 11 is 0. The number of amides is 1. The van der Waals surface area contributed by atoms with Crippen molar-refractivity contribution in [3.63, 3.8) is 0 Å². The van der Waals surface area contributed by atoms with E-state index in [-0.39, 0.29) is 18.0 Å². The molecule has 0 aliphatic carbocycles. The Labute approximate surface area is 120 Å². The van der Waals surface area contributed by atoms with E-state index in [0.29, 0.717) is 0 Å². The zero-order chi connectivity index (χ0) is 14.4. The number of carbonyl (C=O) groups is 1. The van der Waals surface area contributed by atoms with Gasteiger partial charge >= 0.3 is 0 Å². The van der Waals surface area contributed by atoms with Crippen LogP contribution in [-0.2, 0) is 9.53 Å². The molecule has 0 aromatic heterocycles. The number of rotatable bonds is 2. The predicted molar refractivity (Wildman–Crippen MR) is 79.1 cm³/mol. The van der Waals surface area contributed by atoms with Gasteiger partial charge in [-0.05, 0) is 38.8 Å². The number of hydrogen-bond donors (Lipinski definition) is 0. The Balaban J connectivity index is 2.09. The first-order valence-electron chi connectivity index (χ1n) is 7.15. The molecule has 1 saturated heterocycles. The van der Waals surface area contributed by atoms with Crippen molar-refractivity contribution >= 4 is 5.91 Å². The number of benzene rings is 1. The van der Waals surface area contributed by atoms with Crippen LogP contribution in [0.3, 0.4) is 0 Å². The molecular weight excluding hydrogens is 250 g/mol. The number of ether oxygens (including phenoxy) is 1. The summed E-state index contributed by atoms with van der Waals surface area (Å²) in [4.78, 5) is 14.3. The van der Waals surface area contributed by atoms with Gasteiger partial charge in [0.1, 0.15) is 0 Å². The zero-order valence-corrected chi connectivity index (χ0v) is 12.1. The van der Waals surface area contributed by atoms with Crippen molar-refractivity contribution in [2.75, 3.05) is 13.2 Å². The smallest absolute Gasteiger partial charge is 0.299 e. The topological polar surface area (TPSA) is 29.5 Å². The SMILES string of the molecule is CC(C)N(C(=O)C#Cc1ccccc1)C1CCOCC1. The summed E-state index contributed by atoms with van der Waals surface area (Å²) in [6, 6.07) is 10.0. The maximum Gasteiger partial charge on any atom is 0.299 e. The van der Waals surface area contributed by atoms with Gasteiger partial charge in [-0.1, -0.05) is 24.1 Å². The van der Waals surface area contributed by atoms with Crippen molar-refractivity contribution in [2.45, 2.75) is 38.8 Å². The lowest BCUT2D eigenvalue weighted by atomic mass is 10.1. The molecule has 3 nitrogen and oxygen atoms in total. The Kier molecular flexibility index (Phi) is 5.20. The Morgan fingerprint density at radius 3 is 2.50 bits per heavy atom. The number of hydrogen-bond acceptors (Lipinski definition) is 2. The molecule has 1 aromatic carbocycles. The predicted octanol–water partition coefficient (Wildman–Crippen LogP) is 2.45. The Bertz CT molecular complexity index is 493. The molecule has 0 atom stereocenters. The average Bonchev–Trinajstić information content (AvgIpc) is 2.47. The van der Waals surface area contributed by atoms with Gasteiger partial charge in [0, 0.05) is 36.8 Å². The number of nitrogens with zero attached hydrogens (tertiary/aromatic N) is 1. The van der Waals surface area contributed by atoms with E-state index >= 15 is 0 Å². The van der Waals surface area contributed by atoms with E-state index in [1.54, 1.807) is 0 Å². The lowest BCUT2D eigenvalue weighted by Gasteiger charge is -2.35. The minimum absolute atomic E-state index is 0.0873. The third-order valence-corrected chi connectivity index (χ3v) is 3.46. The second kappa shape index (κ2) is 7.12. The maximum atomic E-state index is 12.4. The van der Waals surface area contributed by atoms with Crippen molar-refractivity contribution in [2.24, 2.45) is 0 Å². The van der Waals surface area contributed by atoms with E-state index in [9.17, 15) is 4.79 Å². The zero-order valence-electron chi connectivity index (χ0n) is 12.1. The van der Waals surface area contributed by atoms with Crippen LogP contribution in [0, 0.1) is 11.8 Å². The Hall–Kier alpha value is -1.79. The molecule has 106 valence electrons. The summed E-state index contributed by atoms with van der Waals surface area (Å²) in [6.07, 6.45) is 1.80. The molecule has 1 fully saturated rings. The van der Waals surface area contributed by atoms with E-state index in [1.807, 2.05) is 49.1 Å². The summed E-state index contributed by atoms with van der Waals surface area (Å²) in [5, 5.41) is 0. The van der Waals surface area contributed by atoms with Crippen LogP contribution in [0.25, 0.3) is 0 Å². The maximum absolute atomic E-state index is 12.4. The third-order valence-electron chi connectivity index (χ3n) is 3.46. The molecule has 1 heterocycles. The lowest BCUT2D eigenvalue weighted by molar-refractivity contribution is -0.131. The highest BCUT2D eigenvalue weighted by atomic mass is 16.5. The summed E-state index contributed by atoms with van der Waals surface area (Å²) in [7, 11) is 0. The van der Waals surface area contributed by atoms with Gasteiger partial charge in [0.2, 0.25) is 0 Å². The van der Waals surface area contributed by atoms with Gasteiger partial charge in [-0.25, -0.2) is 0 Å². The van der Waals surface area contributed by atoms with Crippen LogP contribution in [0.15, 0.2) is 30.3 Å². The van der Waals surface area contributed by atoms with Gasteiger partial charge in [-0.15, -0.1) is 0 Å². The van der Waals surface area contributed by atoms with Gasteiger partial charge < -0.3 is 9.64 Å². The van der Waals surface area contributed by atoms with Gasteiger partial charge in [-0.3, -0.25) is 4.79 Å². The second-order valence-corrected chi connectivity index (χ2v) is 5.27. The first-order valence-corrected chi connectivity index (χ1v) is 7.15. The van der Waals surface area contributed by atoms with Crippen LogP contribution in [0.5, 0.6) is 0 Å². The highest BCUT2D eigenvalue weighted by Gasteiger charge is 2.26. The second-order valence-electron chi connectivity index (χ2n) is 5.27. The van der Waals surface area contributed by atoms with Crippen LogP contribution >= 0.6 is 0 Å². The molecule has 20 heavy (non-hydrogen) atoms. The molecule has 1 aliphatic rings. The minimum Gasteiger partial charge on any atom is -0.381 e. The molecule has 1 aromatic rings. The van der Waals surface area contributed by atoms with Crippen molar-refractivity contribution < 1.29 is 9.53 Å². The van der Waals surface area contributed by atoms with Crippen molar-refractivity contribution in [1.82, 2.24) is 4.90 Å². The monoisotopic (exact) mass is 271 g/mol. The highest BCUT2D eigenvalue weighted by Crippen LogP contribution is 2.17. The third kappa shape index (κ3) is 3.85. The Morgan fingerprint density at radius 1 is 1.25 bits per heavy atom. The fourth-order valence-corrected chi connectivity index (χ4v) is 2.50. The standard InChI is InChI=1S/C17H21NO2/c1-14(2)18(16-10-12-20-13-11-16)17(19)9-8-15-6-4-3-5-7-15/h3-7,14,16H,10-13H2,1-2H3. The summed E-state index contributed by atoms with van der Waals surface area (Å²) in [5.41, 5.74) is 0.872. The van der Waals surface area contributed by atoms with Crippen LogP contribution in [0.2, 0.25) is 0 Å². The van der Waals surface area contributed by atoms with Crippen LogP contribution < -0.4 is 0 Å². The van der Waals surface area contributed by atoms with Crippen molar-refractivity contribution in [1.29, 1.82) is 0 Å². The first kappa shape index (κ1) is 14.6. The van der Waals surface area contributed by atoms with Crippen LogP contribution in [0.4, 0.5) is 0 Å². The van der Waals surface area contributed by atoms with Crippen molar-refractivity contribution in [3.05, 3.63) is 35.9 Å². The first-order chi connectivity index (χ1) is 9.68. The molecule has 1 amide bonds. The largest absolute Gasteiger partial charge is 0.381 e. The van der Waals surface area contributed by atoms with Crippen LogP contribution in [0.1, 0.15) is 32.3 Å². The van der Waals surface area contributed by atoms with E-state index in [1.165, 1.54) is 0 Å². The molecule has 0 bridgehead atoms.